The van der Waals surface area contributed by atoms with Crippen LogP contribution in [0, 0.1) is 0 Å². The van der Waals surface area contributed by atoms with E-state index in [1.54, 1.807) is 11.3 Å². The summed E-state index contributed by atoms with van der Waals surface area (Å²) in [6, 6.07) is 7.60. The average molecular weight is 383 g/mol. The normalized spacial score (nSPS) is 10.4. The molecule has 0 spiro atoms. The highest BCUT2D eigenvalue weighted by Crippen LogP contribution is 2.29. The smallest absolute Gasteiger partial charge is 0.139 e. The summed E-state index contributed by atoms with van der Waals surface area (Å²) in [4.78, 5) is 1.16. The van der Waals surface area contributed by atoms with Gasteiger partial charge in [0.15, 0.2) is 0 Å². The Labute approximate surface area is 120 Å². The highest BCUT2D eigenvalue weighted by Gasteiger charge is 2.04. The molecule has 2 aromatic rings. The van der Waals surface area contributed by atoms with Crippen LogP contribution in [0.25, 0.3) is 0 Å². The van der Waals surface area contributed by atoms with Gasteiger partial charge in [-0.3, -0.25) is 0 Å². The third-order valence-electron chi connectivity index (χ3n) is 1.88. The first kappa shape index (κ1) is 12.4. The summed E-state index contributed by atoms with van der Waals surface area (Å²) in [6.45, 7) is 0.534. The molecule has 0 aliphatic heterocycles. The van der Waals surface area contributed by atoms with Crippen molar-refractivity contribution in [2.75, 3.05) is 0 Å². The van der Waals surface area contributed by atoms with Gasteiger partial charge < -0.3 is 4.74 Å². The first-order valence-corrected chi connectivity index (χ1v) is 7.30. The van der Waals surface area contributed by atoms with E-state index in [0.717, 1.165) is 13.8 Å². The fourth-order valence-electron chi connectivity index (χ4n) is 1.17. The van der Waals surface area contributed by atoms with Crippen molar-refractivity contribution in [1.29, 1.82) is 0 Å². The minimum Gasteiger partial charge on any atom is -0.486 e. The van der Waals surface area contributed by atoms with E-state index in [0.29, 0.717) is 17.4 Å². The van der Waals surface area contributed by atoms with Gasteiger partial charge in [0.25, 0.3) is 0 Å². The van der Waals surface area contributed by atoms with Crippen LogP contribution < -0.4 is 4.74 Å². The molecule has 1 aromatic heterocycles. The Morgan fingerprint density at radius 1 is 1.19 bits per heavy atom. The maximum absolute atomic E-state index is 6.02. The topological polar surface area (TPSA) is 9.23 Å². The lowest BCUT2D eigenvalue weighted by atomic mass is 10.3. The molecular formula is C11H7Br2ClOS. The fourth-order valence-corrected chi connectivity index (χ4v) is 3.04. The number of halogens is 3. The van der Waals surface area contributed by atoms with Crippen molar-refractivity contribution >= 4 is 54.8 Å². The summed E-state index contributed by atoms with van der Waals surface area (Å²) in [7, 11) is 0. The number of hydrogen-bond acceptors (Lipinski definition) is 2. The third-order valence-corrected chi connectivity index (χ3v) is 4.36. The minimum atomic E-state index is 0.534. The van der Waals surface area contributed by atoms with Crippen molar-refractivity contribution in [2.24, 2.45) is 0 Å². The molecule has 0 aliphatic carbocycles. The second kappa shape index (κ2) is 5.54. The Hall–Kier alpha value is -0.0300. The number of hydrogen-bond donors (Lipinski definition) is 0. The molecule has 1 aromatic carbocycles. The fraction of sp³-hybridized carbons (Fsp3) is 0.0909. The Kier molecular flexibility index (Phi) is 4.30. The summed E-state index contributed by atoms with van der Waals surface area (Å²) in [5, 5.41) is 2.65. The van der Waals surface area contributed by atoms with Crippen molar-refractivity contribution in [1.82, 2.24) is 0 Å². The van der Waals surface area contributed by atoms with E-state index in [-0.39, 0.29) is 0 Å². The number of benzene rings is 1. The minimum absolute atomic E-state index is 0.534. The molecule has 0 N–H and O–H groups in total. The van der Waals surface area contributed by atoms with Crippen LogP contribution in [-0.2, 0) is 6.61 Å². The molecule has 0 radical (unpaired) electrons. The quantitative estimate of drug-likeness (QED) is 0.681. The lowest BCUT2D eigenvalue weighted by molar-refractivity contribution is 0.310. The largest absolute Gasteiger partial charge is 0.486 e. The van der Waals surface area contributed by atoms with Crippen LogP contribution in [0.4, 0.5) is 0 Å². The van der Waals surface area contributed by atoms with E-state index < -0.39 is 0 Å². The Bertz CT molecular complexity index is 498. The summed E-state index contributed by atoms with van der Waals surface area (Å²) >= 11 is 14.5. The SMILES string of the molecule is Clc1ccc(Br)cc1OCc1cc(Br)cs1. The van der Waals surface area contributed by atoms with Gasteiger partial charge in [-0.25, -0.2) is 0 Å². The highest BCUT2D eigenvalue weighted by atomic mass is 79.9. The molecule has 2 rings (SSSR count). The van der Waals surface area contributed by atoms with Gasteiger partial charge in [-0.05, 0) is 40.2 Å². The molecule has 0 fully saturated rings. The molecule has 0 saturated carbocycles. The van der Waals surface area contributed by atoms with Gasteiger partial charge in [0.05, 0.1) is 5.02 Å². The van der Waals surface area contributed by atoms with Gasteiger partial charge in [-0.15, -0.1) is 11.3 Å². The van der Waals surface area contributed by atoms with Crippen molar-refractivity contribution in [2.45, 2.75) is 6.61 Å². The molecule has 84 valence electrons. The van der Waals surface area contributed by atoms with Crippen LogP contribution in [0.5, 0.6) is 5.75 Å². The van der Waals surface area contributed by atoms with E-state index >= 15 is 0 Å². The van der Waals surface area contributed by atoms with Crippen LogP contribution >= 0.6 is 54.8 Å². The predicted octanol–water partition coefficient (Wildman–Crippen LogP) is 5.51. The molecule has 0 unspecified atom stereocenters. The zero-order valence-electron chi connectivity index (χ0n) is 8.04. The van der Waals surface area contributed by atoms with E-state index in [4.69, 9.17) is 16.3 Å². The summed E-state index contributed by atoms with van der Waals surface area (Å²) in [5.41, 5.74) is 0. The second-order valence-corrected chi connectivity index (χ2v) is 6.33. The molecule has 16 heavy (non-hydrogen) atoms. The second-order valence-electron chi connectivity index (χ2n) is 3.09. The van der Waals surface area contributed by atoms with Crippen molar-refractivity contribution in [3.8, 4) is 5.75 Å². The number of thiophene rings is 1. The zero-order chi connectivity index (χ0) is 11.5. The van der Waals surface area contributed by atoms with Crippen LogP contribution in [0.15, 0.2) is 38.6 Å². The van der Waals surface area contributed by atoms with Gasteiger partial charge in [-0.2, -0.15) is 0 Å². The predicted molar refractivity (Wildman–Crippen MR) is 75.5 cm³/mol. The molecule has 0 saturated heterocycles. The van der Waals surface area contributed by atoms with Gasteiger partial charge >= 0.3 is 0 Å². The van der Waals surface area contributed by atoms with Gasteiger partial charge in [-0.1, -0.05) is 27.5 Å². The van der Waals surface area contributed by atoms with Crippen molar-refractivity contribution in [3.63, 3.8) is 0 Å². The molecule has 1 nitrogen and oxygen atoms in total. The average Bonchev–Trinajstić information content (AvgIpc) is 2.66. The third kappa shape index (κ3) is 3.23. The molecule has 0 bridgehead atoms. The van der Waals surface area contributed by atoms with E-state index in [2.05, 4.69) is 31.9 Å². The molecule has 0 aliphatic rings. The Morgan fingerprint density at radius 3 is 2.69 bits per heavy atom. The first-order valence-electron chi connectivity index (χ1n) is 4.46. The van der Waals surface area contributed by atoms with Crippen LogP contribution in [0.3, 0.4) is 0 Å². The van der Waals surface area contributed by atoms with Crippen molar-refractivity contribution < 1.29 is 4.74 Å². The monoisotopic (exact) mass is 380 g/mol. The molecule has 5 heteroatoms. The molecule has 0 atom stereocenters. The lowest BCUT2D eigenvalue weighted by Gasteiger charge is -2.06. The van der Waals surface area contributed by atoms with Gasteiger partial charge in [0.1, 0.15) is 12.4 Å². The summed E-state index contributed by atoms with van der Waals surface area (Å²) in [6.07, 6.45) is 0. The van der Waals surface area contributed by atoms with Gasteiger partial charge in [0, 0.05) is 19.2 Å². The maximum atomic E-state index is 6.02. The Balaban J connectivity index is 2.07. The highest BCUT2D eigenvalue weighted by molar-refractivity contribution is 9.10. The van der Waals surface area contributed by atoms with Gasteiger partial charge in [0.2, 0.25) is 0 Å². The standard InChI is InChI=1S/C11H7Br2ClOS/c12-7-1-2-10(14)11(4-7)15-5-9-3-8(13)6-16-9/h1-4,6H,5H2. The van der Waals surface area contributed by atoms with Crippen LogP contribution in [0.2, 0.25) is 5.02 Å². The molecule has 0 amide bonds. The van der Waals surface area contributed by atoms with Crippen molar-refractivity contribution in [3.05, 3.63) is 48.5 Å². The number of ether oxygens (including phenoxy) is 1. The zero-order valence-corrected chi connectivity index (χ0v) is 12.8. The van der Waals surface area contributed by atoms with Crippen LogP contribution in [0.1, 0.15) is 4.88 Å². The summed E-state index contributed by atoms with van der Waals surface area (Å²) < 4.78 is 7.68. The Morgan fingerprint density at radius 2 is 2.00 bits per heavy atom. The lowest BCUT2D eigenvalue weighted by Crippen LogP contribution is -1.93. The summed E-state index contributed by atoms with van der Waals surface area (Å²) in [5.74, 6) is 0.695. The molecular weight excluding hydrogens is 375 g/mol. The maximum Gasteiger partial charge on any atom is 0.139 e. The first-order chi connectivity index (χ1) is 7.65. The van der Waals surface area contributed by atoms with E-state index in [9.17, 15) is 0 Å². The van der Waals surface area contributed by atoms with E-state index in [1.807, 2.05) is 29.6 Å². The molecule has 1 heterocycles. The number of rotatable bonds is 3. The van der Waals surface area contributed by atoms with Crippen LogP contribution in [-0.4, -0.2) is 0 Å². The van der Waals surface area contributed by atoms with E-state index in [1.165, 1.54) is 0 Å².